The van der Waals surface area contributed by atoms with E-state index >= 15 is 0 Å². The maximum Gasteiger partial charge on any atom is 0.416 e. The summed E-state index contributed by atoms with van der Waals surface area (Å²) in [4.78, 5) is 17.3. The fourth-order valence-corrected chi connectivity index (χ4v) is 5.70. The number of aromatic nitrogens is 3. The van der Waals surface area contributed by atoms with Crippen LogP contribution in [-0.2, 0) is 23.8 Å². The number of morpholine rings is 1. The number of hydrogen-bond acceptors (Lipinski definition) is 7. The number of thiazole rings is 1. The maximum atomic E-state index is 13.0. The third-order valence-electron chi connectivity index (χ3n) is 6.19. The minimum Gasteiger partial charge on any atom is -0.379 e. The number of anilines is 2. The summed E-state index contributed by atoms with van der Waals surface area (Å²) in [5.74, 6) is 1.09. The van der Waals surface area contributed by atoms with Crippen LogP contribution in [0.25, 0.3) is 10.3 Å². The second-order valence-electron chi connectivity index (χ2n) is 8.88. The van der Waals surface area contributed by atoms with E-state index in [9.17, 15) is 13.2 Å². The molecule has 1 saturated heterocycles. The molecule has 0 unspecified atom stereocenters. The van der Waals surface area contributed by atoms with Crippen molar-refractivity contribution >= 4 is 56.4 Å². The number of ether oxygens (including phenoxy) is 1. The lowest BCUT2D eigenvalue weighted by Crippen LogP contribution is -2.37. The van der Waals surface area contributed by atoms with Gasteiger partial charge in [0, 0.05) is 41.7 Å². The molecule has 4 aromatic rings. The van der Waals surface area contributed by atoms with E-state index < -0.39 is 11.7 Å². The Hall–Kier alpha value is -2.50. The van der Waals surface area contributed by atoms with E-state index in [1.165, 1.54) is 23.5 Å². The Balaban J connectivity index is 1.42. The average Bonchev–Trinajstić information content (AvgIpc) is 3.30. The van der Waals surface area contributed by atoms with Gasteiger partial charge in [-0.1, -0.05) is 40.6 Å². The van der Waals surface area contributed by atoms with Crippen LogP contribution >= 0.6 is 34.5 Å². The second kappa shape index (κ2) is 11.7. The highest BCUT2D eigenvalue weighted by molar-refractivity contribution is 7.18. The average molecular weight is 582 g/mol. The van der Waals surface area contributed by atoms with Gasteiger partial charge in [0.15, 0.2) is 5.82 Å². The summed E-state index contributed by atoms with van der Waals surface area (Å²) in [6, 6.07) is 10.2. The van der Waals surface area contributed by atoms with Crippen LogP contribution in [-0.4, -0.2) is 52.7 Å². The van der Waals surface area contributed by atoms with Gasteiger partial charge in [-0.05, 0) is 54.9 Å². The van der Waals surface area contributed by atoms with Gasteiger partial charge in [-0.25, -0.2) is 15.0 Å². The maximum absolute atomic E-state index is 13.0. The van der Waals surface area contributed by atoms with Crippen molar-refractivity contribution in [3.63, 3.8) is 0 Å². The Labute approximate surface area is 231 Å². The fraction of sp³-hybridized carbons (Fsp3) is 0.346. The molecule has 1 fully saturated rings. The number of fused-ring (bicyclic) bond motifs is 1. The number of nitrogens with zero attached hydrogens (tertiary/aromatic N) is 4. The van der Waals surface area contributed by atoms with Crippen molar-refractivity contribution in [3.8, 4) is 0 Å². The molecule has 1 N–H and O–H groups in total. The van der Waals surface area contributed by atoms with Gasteiger partial charge < -0.3 is 10.1 Å². The zero-order chi connectivity index (χ0) is 26.7. The minimum atomic E-state index is -4.40. The van der Waals surface area contributed by atoms with Crippen LogP contribution in [0.5, 0.6) is 0 Å². The van der Waals surface area contributed by atoms with Crippen LogP contribution in [0.3, 0.4) is 0 Å². The predicted molar refractivity (Wildman–Crippen MR) is 145 cm³/mol. The molecule has 3 heterocycles. The Morgan fingerprint density at radius 2 is 1.68 bits per heavy atom. The first-order chi connectivity index (χ1) is 18.3. The molecule has 0 aliphatic carbocycles. The van der Waals surface area contributed by atoms with Crippen LogP contribution in [0.2, 0.25) is 10.0 Å². The Kier molecular flexibility index (Phi) is 8.35. The molecule has 1 aliphatic rings. The highest BCUT2D eigenvalue weighted by Gasteiger charge is 2.30. The second-order valence-corrected chi connectivity index (χ2v) is 10.8. The predicted octanol–water partition coefficient (Wildman–Crippen LogP) is 7.01. The van der Waals surface area contributed by atoms with Crippen molar-refractivity contribution in [2.45, 2.75) is 25.4 Å². The lowest BCUT2D eigenvalue weighted by molar-refractivity contribution is -0.137. The number of alkyl halides is 3. The number of benzene rings is 2. The highest BCUT2D eigenvalue weighted by atomic mass is 35.5. The van der Waals surface area contributed by atoms with Gasteiger partial charge in [-0.2, -0.15) is 13.2 Å². The number of aryl methyl sites for hydroxylation is 1. The van der Waals surface area contributed by atoms with Crippen molar-refractivity contribution < 1.29 is 17.9 Å². The topological polar surface area (TPSA) is 63.2 Å². The molecule has 12 heteroatoms. The zero-order valence-electron chi connectivity index (χ0n) is 20.2. The van der Waals surface area contributed by atoms with Crippen LogP contribution in [0.1, 0.15) is 28.4 Å². The Morgan fingerprint density at radius 3 is 2.37 bits per heavy atom. The molecule has 38 heavy (non-hydrogen) atoms. The van der Waals surface area contributed by atoms with Gasteiger partial charge in [0.25, 0.3) is 0 Å². The first-order valence-corrected chi connectivity index (χ1v) is 13.7. The van der Waals surface area contributed by atoms with E-state index in [0.29, 0.717) is 50.6 Å². The largest absolute Gasteiger partial charge is 0.416 e. The van der Waals surface area contributed by atoms with Crippen molar-refractivity contribution in [3.05, 3.63) is 74.5 Å². The summed E-state index contributed by atoms with van der Waals surface area (Å²) in [6.07, 6.45) is -2.46. The summed E-state index contributed by atoms with van der Waals surface area (Å²) in [5.41, 5.74) is 1.07. The van der Waals surface area contributed by atoms with Crippen LogP contribution in [0, 0.1) is 0 Å². The molecule has 1 aliphatic heterocycles. The van der Waals surface area contributed by atoms with E-state index in [-0.39, 0.29) is 0 Å². The summed E-state index contributed by atoms with van der Waals surface area (Å²) >= 11 is 14.2. The molecule has 2 aromatic heterocycles. The van der Waals surface area contributed by atoms with Crippen LogP contribution < -0.4 is 5.32 Å². The van der Waals surface area contributed by atoms with Gasteiger partial charge in [0.1, 0.15) is 21.2 Å². The first-order valence-electron chi connectivity index (χ1n) is 12.1. The summed E-state index contributed by atoms with van der Waals surface area (Å²) in [7, 11) is 0. The SMILES string of the molecule is FC(F)(F)c1ccc(Nc2nc(CCCN3CCOCC3)nc3sc(Cc4c(Cl)cccc4Cl)nc23)cc1. The molecule has 0 radical (unpaired) electrons. The van der Waals surface area contributed by atoms with Crippen LogP contribution in [0.15, 0.2) is 42.5 Å². The van der Waals surface area contributed by atoms with Crippen molar-refractivity contribution in [2.24, 2.45) is 0 Å². The quantitative estimate of drug-likeness (QED) is 0.241. The number of hydrogen-bond donors (Lipinski definition) is 1. The monoisotopic (exact) mass is 581 g/mol. The molecule has 5 rings (SSSR count). The molecular formula is C26H24Cl2F3N5OS. The molecular weight excluding hydrogens is 558 g/mol. The molecule has 6 nitrogen and oxygen atoms in total. The van der Waals surface area contributed by atoms with Gasteiger partial charge in [-0.3, -0.25) is 4.90 Å². The van der Waals surface area contributed by atoms with Gasteiger partial charge >= 0.3 is 6.18 Å². The molecule has 0 spiro atoms. The molecule has 200 valence electrons. The summed E-state index contributed by atoms with van der Waals surface area (Å²) in [5, 5.41) is 5.01. The molecule has 0 amide bonds. The summed E-state index contributed by atoms with van der Waals surface area (Å²) in [6.45, 7) is 4.20. The minimum absolute atomic E-state index is 0.422. The first kappa shape index (κ1) is 27.1. The van der Waals surface area contributed by atoms with Crippen molar-refractivity contribution in [1.29, 1.82) is 0 Å². The van der Waals surface area contributed by atoms with Gasteiger partial charge in [-0.15, -0.1) is 0 Å². The molecule has 0 atom stereocenters. The normalized spacial score (nSPS) is 14.8. The van der Waals surface area contributed by atoms with Crippen LogP contribution in [0.4, 0.5) is 24.7 Å². The van der Waals surface area contributed by atoms with Crippen molar-refractivity contribution in [2.75, 3.05) is 38.2 Å². The smallest absolute Gasteiger partial charge is 0.379 e. The number of halogens is 5. The third kappa shape index (κ3) is 6.55. The lowest BCUT2D eigenvalue weighted by Gasteiger charge is -2.26. The third-order valence-corrected chi connectivity index (χ3v) is 7.85. The Bertz CT molecular complexity index is 1390. The molecule has 2 aromatic carbocycles. The van der Waals surface area contributed by atoms with Gasteiger partial charge in [0.05, 0.1) is 18.8 Å². The van der Waals surface area contributed by atoms with E-state index in [4.69, 9.17) is 42.9 Å². The number of nitrogens with one attached hydrogen (secondary N) is 1. The fourth-order valence-electron chi connectivity index (χ4n) is 4.20. The molecule has 0 saturated carbocycles. The zero-order valence-corrected chi connectivity index (χ0v) is 22.5. The lowest BCUT2D eigenvalue weighted by atomic mass is 10.1. The Morgan fingerprint density at radius 1 is 0.974 bits per heavy atom. The standard InChI is InChI=1S/C26H24Cl2F3N5OS/c27-19-3-1-4-20(28)18(19)15-22-35-23-24(32-17-8-6-16(7-9-17)26(29,30)31)33-21(34-25(23)38-22)5-2-10-36-11-13-37-14-12-36/h1,3-4,6-9H,2,5,10-15H2,(H,32,33,34). The van der Waals surface area contributed by atoms with E-state index in [1.807, 2.05) is 0 Å². The number of rotatable bonds is 8. The molecule has 0 bridgehead atoms. The van der Waals surface area contributed by atoms with Crippen molar-refractivity contribution in [1.82, 2.24) is 19.9 Å². The van der Waals surface area contributed by atoms with Gasteiger partial charge in [0.2, 0.25) is 0 Å². The van der Waals surface area contributed by atoms with E-state index in [0.717, 1.165) is 62.0 Å². The van der Waals surface area contributed by atoms with E-state index in [1.54, 1.807) is 18.2 Å². The highest BCUT2D eigenvalue weighted by Crippen LogP contribution is 2.34. The van der Waals surface area contributed by atoms with E-state index in [2.05, 4.69) is 10.2 Å². The summed E-state index contributed by atoms with van der Waals surface area (Å²) < 4.78 is 44.5.